The van der Waals surface area contributed by atoms with E-state index in [2.05, 4.69) is 27.0 Å². The Morgan fingerprint density at radius 1 is 1.35 bits per heavy atom. The number of benzene rings is 1. The average Bonchev–Trinajstić information content (AvgIpc) is 3.34. The summed E-state index contributed by atoms with van der Waals surface area (Å²) in [7, 11) is 0. The van der Waals surface area contributed by atoms with Gasteiger partial charge >= 0.3 is 6.03 Å². The van der Waals surface area contributed by atoms with E-state index in [0.29, 0.717) is 19.5 Å². The molecule has 1 aromatic carbocycles. The van der Waals surface area contributed by atoms with Crippen LogP contribution in [0.3, 0.4) is 0 Å². The molecule has 0 saturated heterocycles. The standard InChI is InChI=1S/C20H28N4O2/c1-20(2,26)15-24(17-8-9-17)19(25)22-11-10-18-21-12-13-23(18)14-16-6-4-3-5-7-16/h3-7,12-13,17,26H,8-11,14-15H2,1-2H3,(H,22,25). The molecule has 0 aliphatic heterocycles. The first-order valence-electron chi connectivity index (χ1n) is 9.23. The van der Waals surface area contributed by atoms with Crippen molar-refractivity contribution in [2.24, 2.45) is 0 Å². The molecule has 1 heterocycles. The molecular weight excluding hydrogens is 328 g/mol. The summed E-state index contributed by atoms with van der Waals surface area (Å²) in [6, 6.07) is 10.4. The maximum atomic E-state index is 12.5. The molecule has 0 spiro atoms. The molecule has 6 nitrogen and oxygen atoms in total. The van der Waals surface area contributed by atoms with Gasteiger partial charge in [-0.1, -0.05) is 30.3 Å². The third-order valence-electron chi connectivity index (χ3n) is 4.43. The predicted octanol–water partition coefficient (Wildman–Crippen LogP) is 2.42. The van der Waals surface area contributed by atoms with E-state index in [4.69, 9.17) is 0 Å². The normalized spacial score (nSPS) is 14.3. The van der Waals surface area contributed by atoms with Crippen molar-refractivity contribution in [1.82, 2.24) is 19.8 Å². The largest absolute Gasteiger partial charge is 0.389 e. The van der Waals surface area contributed by atoms with Crippen LogP contribution < -0.4 is 5.32 Å². The highest BCUT2D eigenvalue weighted by molar-refractivity contribution is 5.75. The van der Waals surface area contributed by atoms with Crippen LogP contribution in [0.5, 0.6) is 0 Å². The molecule has 0 unspecified atom stereocenters. The molecule has 1 saturated carbocycles. The molecule has 0 radical (unpaired) electrons. The molecule has 0 atom stereocenters. The Morgan fingerprint density at radius 2 is 2.08 bits per heavy atom. The van der Waals surface area contributed by atoms with E-state index in [1.807, 2.05) is 24.4 Å². The number of nitrogens with one attached hydrogen (secondary N) is 1. The number of amides is 2. The molecule has 2 N–H and O–H groups in total. The number of imidazole rings is 1. The number of aliphatic hydroxyl groups is 1. The van der Waals surface area contributed by atoms with Crippen LogP contribution in [0, 0.1) is 0 Å². The Morgan fingerprint density at radius 3 is 2.73 bits per heavy atom. The van der Waals surface area contributed by atoms with Gasteiger partial charge in [0.15, 0.2) is 0 Å². The van der Waals surface area contributed by atoms with Crippen LogP contribution in [-0.2, 0) is 13.0 Å². The first-order chi connectivity index (χ1) is 12.4. The van der Waals surface area contributed by atoms with Gasteiger partial charge in [0.2, 0.25) is 0 Å². The highest BCUT2D eigenvalue weighted by atomic mass is 16.3. The van der Waals surface area contributed by atoms with Crippen molar-refractivity contribution in [2.45, 2.75) is 51.3 Å². The van der Waals surface area contributed by atoms with Crippen molar-refractivity contribution in [3.05, 3.63) is 54.1 Å². The van der Waals surface area contributed by atoms with Crippen LogP contribution in [0.1, 0.15) is 38.1 Å². The molecule has 140 valence electrons. The summed E-state index contributed by atoms with van der Waals surface area (Å²) in [5.74, 6) is 0.953. The summed E-state index contributed by atoms with van der Waals surface area (Å²) in [5, 5.41) is 13.0. The lowest BCUT2D eigenvalue weighted by Gasteiger charge is -2.29. The smallest absolute Gasteiger partial charge is 0.317 e. The van der Waals surface area contributed by atoms with E-state index >= 15 is 0 Å². The van der Waals surface area contributed by atoms with E-state index in [9.17, 15) is 9.90 Å². The minimum atomic E-state index is -0.883. The lowest BCUT2D eigenvalue weighted by atomic mass is 10.1. The SMILES string of the molecule is CC(C)(O)CN(C(=O)NCCc1nccn1Cc1ccccc1)C1CC1. The Kier molecular flexibility index (Phi) is 5.61. The number of hydrogen-bond acceptors (Lipinski definition) is 3. The molecule has 2 aromatic rings. The lowest BCUT2D eigenvalue weighted by molar-refractivity contribution is 0.0445. The maximum absolute atomic E-state index is 12.5. The maximum Gasteiger partial charge on any atom is 0.317 e. The van der Waals surface area contributed by atoms with E-state index in [1.54, 1.807) is 24.9 Å². The van der Waals surface area contributed by atoms with Gasteiger partial charge in [-0.25, -0.2) is 9.78 Å². The zero-order chi connectivity index (χ0) is 18.6. The van der Waals surface area contributed by atoms with Gasteiger partial charge in [0.25, 0.3) is 0 Å². The molecule has 1 aromatic heterocycles. The summed E-state index contributed by atoms with van der Waals surface area (Å²) >= 11 is 0. The van der Waals surface area contributed by atoms with Gasteiger partial charge < -0.3 is 19.9 Å². The fourth-order valence-corrected chi connectivity index (χ4v) is 3.04. The number of carbonyl (C=O) groups excluding carboxylic acids is 1. The summed E-state index contributed by atoms with van der Waals surface area (Å²) in [6.45, 7) is 5.12. The zero-order valence-corrected chi connectivity index (χ0v) is 15.6. The van der Waals surface area contributed by atoms with Crippen LogP contribution in [-0.4, -0.2) is 50.3 Å². The van der Waals surface area contributed by atoms with Crippen molar-refractivity contribution >= 4 is 6.03 Å². The first-order valence-corrected chi connectivity index (χ1v) is 9.23. The van der Waals surface area contributed by atoms with Crippen LogP contribution in [0.2, 0.25) is 0 Å². The van der Waals surface area contributed by atoms with Gasteiger partial charge in [-0.15, -0.1) is 0 Å². The van der Waals surface area contributed by atoms with Gasteiger partial charge in [-0.05, 0) is 32.3 Å². The first kappa shape index (κ1) is 18.5. The molecule has 6 heteroatoms. The van der Waals surface area contributed by atoms with Crippen LogP contribution in [0.4, 0.5) is 4.79 Å². The third-order valence-corrected chi connectivity index (χ3v) is 4.43. The van der Waals surface area contributed by atoms with E-state index < -0.39 is 5.60 Å². The summed E-state index contributed by atoms with van der Waals surface area (Å²) in [5.41, 5.74) is 0.340. The van der Waals surface area contributed by atoms with Crippen LogP contribution in [0.15, 0.2) is 42.7 Å². The third kappa shape index (κ3) is 5.33. The topological polar surface area (TPSA) is 70.4 Å². The Balaban J connectivity index is 1.52. The van der Waals surface area contributed by atoms with Crippen molar-refractivity contribution in [1.29, 1.82) is 0 Å². The molecular formula is C20H28N4O2. The molecule has 0 bridgehead atoms. The Bertz CT molecular complexity index is 717. The molecule has 26 heavy (non-hydrogen) atoms. The van der Waals surface area contributed by atoms with Crippen molar-refractivity contribution in [2.75, 3.05) is 13.1 Å². The number of carbonyl (C=O) groups is 1. The highest BCUT2D eigenvalue weighted by Crippen LogP contribution is 2.28. The van der Waals surface area contributed by atoms with Gasteiger partial charge in [0.05, 0.1) is 12.1 Å². The fraction of sp³-hybridized carbons (Fsp3) is 0.500. The van der Waals surface area contributed by atoms with Crippen LogP contribution in [0.25, 0.3) is 0 Å². The average molecular weight is 356 g/mol. The second-order valence-corrected chi connectivity index (χ2v) is 7.61. The van der Waals surface area contributed by atoms with E-state index in [1.165, 1.54) is 5.56 Å². The number of nitrogens with zero attached hydrogens (tertiary/aromatic N) is 3. The minimum Gasteiger partial charge on any atom is -0.389 e. The zero-order valence-electron chi connectivity index (χ0n) is 15.6. The number of rotatable bonds is 8. The Hall–Kier alpha value is -2.34. The molecule has 1 aliphatic carbocycles. The van der Waals surface area contributed by atoms with Gasteiger partial charge in [-0.3, -0.25) is 0 Å². The van der Waals surface area contributed by atoms with Gasteiger partial charge in [0.1, 0.15) is 5.82 Å². The second kappa shape index (κ2) is 7.91. The van der Waals surface area contributed by atoms with E-state index in [0.717, 1.165) is 25.2 Å². The number of urea groups is 1. The quantitative estimate of drug-likeness (QED) is 0.763. The van der Waals surface area contributed by atoms with Crippen LogP contribution >= 0.6 is 0 Å². The van der Waals surface area contributed by atoms with Crippen molar-refractivity contribution < 1.29 is 9.90 Å². The monoisotopic (exact) mass is 356 g/mol. The molecule has 1 aliphatic rings. The summed E-state index contributed by atoms with van der Waals surface area (Å²) in [4.78, 5) is 18.7. The summed E-state index contributed by atoms with van der Waals surface area (Å²) < 4.78 is 2.11. The lowest BCUT2D eigenvalue weighted by Crippen LogP contribution is -2.48. The van der Waals surface area contributed by atoms with Crippen molar-refractivity contribution in [3.63, 3.8) is 0 Å². The molecule has 3 rings (SSSR count). The Labute approximate surface area is 154 Å². The molecule has 2 amide bonds. The second-order valence-electron chi connectivity index (χ2n) is 7.61. The minimum absolute atomic E-state index is 0.101. The van der Waals surface area contributed by atoms with Gasteiger partial charge in [0, 0.05) is 37.9 Å². The van der Waals surface area contributed by atoms with Gasteiger partial charge in [-0.2, -0.15) is 0 Å². The summed E-state index contributed by atoms with van der Waals surface area (Å²) in [6.07, 6.45) is 6.47. The fourth-order valence-electron chi connectivity index (χ4n) is 3.04. The van der Waals surface area contributed by atoms with E-state index in [-0.39, 0.29) is 12.1 Å². The predicted molar refractivity (Wildman–Crippen MR) is 101 cm³/mol. The highest BCUT2D eigenvalue weighted by Gasteiger charge is 2.35. The number of aromatic nitrogens is 2. The molecule has 1 fully saturated rings. The van der Waals surface area contributed by atoms with Crippen molar-refractivity contribution in [3.8, 4) is 0 Å². The number of hydrogen-bond donors (Lipinski definition) is 2.